The molecule has 0 unspecified atom stereocenters. The number of nitrogens with one attached hydrogen (secondary N) is 1. The Morgan fingerprint density at radius 3 is 2.07 bits per heavy atom. The molecule has 0 saturated carbocycles. The predicted molar refractivity (Wildman–Crippen MR) is 103 cm³/mol. The van der Waals surface area contributed by atoms with Crippen molar-refractivity contribution in [2.45, 2.75) is 4.90 Å². The first-order valence-electron chi connectivity index (χ1n) is 8.03. The number of sulfone groups is 1. The summed E-state index contributed by atoms with van der Waals surface area (Å²) >= 11 is 0. The lowest BCUT2D eigenvalue weighted by atomic mass is 10.3. The highest BCUT2D eigenvalue weighted by atomic mass is 32.2. The fourth-order valence-electron chi connectivity index (χ4n) is 2.30. The molecule has 0 atom stereocenters. The second-order valence-electron chi connectivity index (χ2n) is 5.39. The SMILES string of the molecule is COC(=O)C(=CNc1ccc(OC)c(OC)c1)S(=O)(=O)c1ccc(OC)cc1. The van der Waals surface area contributed by atoms with Crippen LogP contribution in [0.3, 0.4) is 0 Å². The molecule has 0 saturated heterocycles. The lowest BCUT2D eigenvalue weighted by Crippen LogP contribution is -2.17. The summed E-state index contributed by atoms with van der Waals surface area (Å²) in [5.74, 6) is 0.449. The van der Waals surface area contributed by atoms with Crippen LogP contribution in [-0.4, -0.2) is 42.8 Å². The molecule has 0 aliphatic heterocycles. The van der Waals surface area contributed by atoms with Gasteiger partial charge in [-0.25, -0.2) is 13.2 Å². The maximum atomic E-state index is 12.9. The zero-order valence-electron chi connectivity index (χ0n) is 15.9. The standard InChI is InChI=1S/C19H21NO7S/c1-24-14-6-8-15(9-7-14)28(22,23)18(19(21)27-4)12-20-13-5-10-16(25-2)17(11-13)26-3/h5-12,20H,1-4H3. The molecule has 1 N–H and O–H groups in total. The minimum Gasteiger partial charge on any atom is -0.497 e. The van der Waals surface area contributed by atoms with Crippen molar-refractivity contribution in [2.24, 2.45) is 0 Å². The Morgan fingerprint density at radius 2 is 1.54 bits per heavy atom. The van der Waals surface area contributed by atoms with Crippen molar-refractivity contribution in [3.8, 4) is 17.2 Å². The van der Waals surface area contributed by atoms with Crippen LogP contribution < -0.4 is 19.5 Å². The van der Waals surface area contributed by atoms with E-state index in [0.717, 1.165) is 13.3 Å². The third kappa shape index (κ3) is 4.55. The van der Waals surface area contributed by atoms with Gasteiger partial charge in [0.2, 0.25) is 9.84 Å². The molecule has 9 heteroatoms. The van der Waals surface area contributed by atoms with Crippen LogP contribution in [0.1, 0.15) is 0 Å². The van der Waals surface area contributed by atoms with E-state index in [2.05, 4.69) is 10.1 Å². The summed E-state index contributed by atoms with van der Waals surface area (Å²) in [5.41, 5.74) is 0.490. The van der Waals surface area contributed by atoms with E-state index in [-0.39, 0.29) is 4.90 Å². The number of hydrogen-bond donors (Lipinski definition) is 1. The van der Waals surface area contributed by atoms with Crippen molar-refractivity contribution in [3.63, 3.8) is 0 Å². The van der Waals surface area contributed by atoms with E-state index in [1.807, 2.05) is 0 Å². The molecule has 0 fully saturated rings. The zero-order valence-corrected chi connectivity index (χ0v) is 16.7. The second-order valence-corrected chi connectivity index (χ2v) is 7.31. The van der Waals surface area contributed by atoms with E-state index in [4.69, 9.17) is 14.2 Å². The Hall–Kier alpha value is -3.20. The van der Waals surface area contributed by atoms with Crippen LogP contribution in [0.4, 0.5) is 5.69 Å². The number of rotatable bonds is 8. The van der Waals surface area contributed by atoms with Gasteiger partial charge in [0.1, 0.15) is 5.75 Å². The summed E-state index contributed by atoms with van der Waals surface area (Å²) in [5, 5.41) is 2.78. The largest absolute Gasteiger partial charge is 0.497 e. The van der Waals surface area contributed by atoms with E-state index in [1.54, 1.807) is 18.2 Å². The van der Waals surface area contributed by atoms with Crippen molar-refractivity contribution in [1.82, 2.24) is 0 Å². The number of carbonyl (C=O) groups excluding carboxylic acids is 1. The molecule has 28 heavy (non-hydrogen) atoms. The van der Waals surface area contributed by atoms with Crippen LogP contribution in [-0.2, 0) is 19.4 Å². The molecule has 0 amide bonds. The second kappa shape index (κ2) is 9.14. The Bertz CT molecular complexity index is 966. The lowest BCUT2D eigenvalue weighted by molar-refractivity contribution is -0.135. The molecule has 2 aromatic carbocycles. The summed E-state index contributed by atoms with van der Waals surface area (Å²) in [6.07, 6.45) is 1.08. The van der Waals surface area contributed by atoms with Crippen molar-refractivity contribution in [1.29, 1.82) is 0 Å². The average Bonchev–Trinajstić information content (AvgIpc) is 2.73. The van der Waals surface area contributed by atoms with Crippen LogP contribution in [0, 0.1) is 0 Å². The number of anilines is 1. The van der Waals surface area contributed by atoms with E-state index < -0.39 is 20.7 Å². The molecule has 0 aliphatic rings. The summed E-state index contributed by atoms with van der Waals surface area (Å²) in [4.78, 5) is 11.5. The van der Waals surface area contributed by atoms with Crippen LogP contribution in [0.5, 0.6) is 17.2 Å². The highest BCUT2D eigenvalue weighted by molar-refractivity contribution is 7.96. The Morgan fingerprint density at radius 1 is 0.893 bits per heavy atom. The lowest BCUT2D eigenvalue weighted by Gasteiger charge is -2.11. The van der Waals surface area contributed by atoms with Gasteiger partial charge >= 0.3 is 5.97 Å². The molecule has 150 valence electrons. The van der Waals surface area contributed by atoms with Crippen molar-refractivity contribution in [3.05, 3.63) is 53.6 Å². The summed E-state index contributed by atoms with van der Waals surface area (Å²) in [6.45, 7) is 0. The van der Waals surface area contributed by atoms with Crippen molar-refractivity contribution < 1.29 is 32.2 Å². The van der Waals surface area contributed by atoms with Gasteiger partial charge in [0.25, 0.3) is 0 Å². The first-order valence-corrected chi connectivity index (χ1v) is 9.52. The number of esters is 1. The van der Waals surface area contributed by atoms with Crippen LogP contribution in [0.2, 0.25) is 0 Å². The fraction of sp³-hybridized carbons (Fsp3) is 0.211. The summed E-state index contributed by atoms with van der Waals surface area (Å²) < 4.78 is 45.8. The number of methoxy groups -OCH3 is 4. The molecule has 8 nitrogen and oxygen atoms in total. The van der Waals surface area contributed by atoms with Gasteiger partial charge in [0, 0.05) is 18.0 Å². The van der Waals surface area contributed by atoms with Crippen molar-refractivity contribution >= 4 is 21.5 Å². The minimum absolute atomic E-state index is 0.0703. The summed E-state index contributed by atoms with van der Waals surface area (Å²) in [7, 11) is 1.43. The highest BCUT2D eigenvalue weighted by Crippen LogP contribution is 2.30. The highest BCUT2D eigenvalue weighted by Gasteiger charge is 2.28. The number of ether oxygens (including phenoxy) is 4. The molecular weight excluding hydrogens is 386 g/mol. The van der Waals surface area contributed by atoms with Crippen LogP contribution in [0.25, 0.3) is 0 Å². The molecule has 2 rings (SSSR count). The first kappa shape index (κ1) is 21.1. The van der Waals surface area contributed by atoms with Gasteiger partial charge in [-0.1, -0.05) is 0 Å². The summed E-state index contributed by atoms with van der Waals surface area (Å²) in [6, 6.07) is 10.6. The Balaban J connectivity index is 2.41. The Kier molecular flexibility index (Phi) is 6.89. The van der Waals surface area contributed by atoms with Crippen LogP contribution >= 0.6 is 0 Å². The fourth-order valence-corrected chi connectivity index (χ4v) is 3.57. The maximum absolute atomic E-state index is 12.9. The minimum atomic E-state index is -4.12. The molecular formula is C19H21NO7S. The van der Waals surface area contributed by atoms with Gasteiger partial charge in [0.15, 0.2) is 16.4 Å². The van der Waals surface area contributed by atoms with E-state index in [9.17, 15) is 13.2 Å². The van der Waals surface area contributed by atoms with Crippen molar-refractivity contribution in [2.75, 3.05) is 33.8 Å². The van der Waals surface area contributed by atoms with Crippen LogP contribution in [0.15, 0.2) is 58.5 Å². The first-order chi connectivity index (χ1) is 13.4. The molecule has 2 aromatic rings. The normalized spacial score (nSPS) is 11.5. The molecule has 0 bridgehead atoms. The van der Waals surface area contributed by atoms with E-state index in [1.165, 1.54) is 45.6 Å². The van der Waals surface area contributed by atoms with E-state index in [0.29, 0.717) is 22.9 Å². The molecule has 0 spiro atoms. The molecule has 0 heterocycles. The molecule has 0 radical (unpaired) electrons. The van der Waals surface area contributed by atoms with Gasteiger partial charge in [-0.05, 0) is 36.4 Å². The van der Waals surface area contributed by atoms with Gasteiger partial charge in [-0.15, -0.1) is 0 Å². The molecule has 0 aliphatic carbocycles. The quantitative estimate of drug-likeness (QED) is 0.527. The Labute approximate surface area is 163 Å². The van der Waals surface area contributed by atoms with Gasteiger partial charge < -0.3 is 24.3 Å². The number of benzene rings is 2. The third-order valence-electron chi connectivity index (χ3n) is 3.80. The number of hydrogen-bond acceptors (Lipinski definition) is 8. The molecule has 0 aromatic heterocycles. The maximum Gasteiger partial charge on any atom is 0.351 e. The van der Waals surface area contributed by atoms with Gasteiger partial charge in [0.05, 0.1) is 33.3 Å². The monoisotopic (exact) mass is 407 g/mol. The zero-order chi connectivity index (χ0) is 20.7. The predicted octanol–water partition coefficient (Wildman–Crippen LogP) is 2.61. The smallest absolute Gasteiger partial charge is 0.351 e. The average molecular weight is 407 g/mol. The topological polar surface area (TPSA) is 100 Å². The van der Waals surface area contributed by atoms with E-state index >= 15 is 0 Å². The third-order valence-corrected chi connectivity index (χ3v) is 5.56. The van der Waals surface area contributed by atoms with Gasteiger partial charge in [-0.2, -0.15) is 0 Å². The van der Waals surface area contributed by atoms with Gasteiger partial charge in [-0.3, -0.25) is 0 Å². The number of carbonyl (C=O) groups is 1.